The zero-order chi connectivity index (χ0) is 21.8. The number of amides is 1. The van der Waals surface area contributed by atoms with E-state index >= 15 is 0 Å². The number of carbonyl (C=O) groups excluding carboxylic acids is 1. The number of alkyl halides is 3. The molecule has 2 aromatic carbocycles. The lowest BCUT2D eigenvalue weighted by atomic mass is 10.1. The molecule has 0 saturated carbocycles. The van der Waals surface area contributed by atoms with Gasteiger partial charge in [-0.25, -0.2) is 0 Å². The van der Waals surface area contributed by atoms with Crippen molar-refractivity contribution in [3.63, 3.8) is 0 Å². The van der Waals surface area contributed by atoms with E-state index in [1.54, 1.807) is 18.2 Å². The highest BCUT2D eigenvalue weighted by Crippen LogP contribution is 2.29. The topological polar surface area (TPSA) is 58.1 Å². The van der Waals surface area contributed by atoms with Crippen LogP contribution in [0.15, 0.2) is 60.7 Å². The molecule has 0 bridgehead atoms. The lowest BCUT2D eigenvalue weighted by Gasteiger charge is -2.27. The van der Waals surface area contributed by atoms with Crippen molar-refractivity contribution in [3.05, 3.63) is 71.8 Å². The van der Waals surface area contributed by atoms with Crippen molar-refractivity contribution < 1.29 is 18.0 Å². The highest BCUT2D eigenvalue weighted by molar-refractivity contribution is 6.04. The van der Waals surface area contributed by atoms with Crippen LogP contribution in [0.4, 0.5) is 24.7 Å². The number of rotatable bonds is 4. The number of nitrogens with one attached hydrogen (secondary N) is 1. The molecule has 0 unspecified atom stereocenters. The van der Waals surface area contributed by atoms with Crippen LogP contribution in [-0.4, -0.2) is 29.2 Å². The van der Waals surface area contributed by atoms with E-state index in [0.29, 0.717) is 11.4 Å². The van der Waals surface area contributed by atoms with E-state index in [1.807, 2.05) is 18.2 Å². The molecule has 1 fully saturated rings. The van der Waals surface area contributed by atoms with Gasteiger partial charge < -0.3 is 10.2 Å². The molecule has 4 rings (SSSR count). The fraction of sp³-hybridized carbons (Fsp3) is 0.261. The van der Waals surface area contributed by atoms with Gasteiger partial charge in [0.1, 0.15) is 0 Å². The van der Waals surface area contributed by atoms with Crippen molar-refractivity contribution in [2.24, 2.45) is 0 Å². The van der Waals surface area contributed by atoms with Crippen LogP contribution >= 0.6 is 0 Å². The highest BCUT2D eigenvalue weighted by atomic mass is 19.4. The fourth-order valence-corrected chi connectivity index (χ4v) is 3.54. The van der Waals surface area contributed by atoms with Crippen molar-refractivity contribution in [2.45, 2.75) is 25.4 Å². The first-order chi connectivity index (χ1) is 14.9. The Kier molecular flexibility index (Phi) is 5.88. The van der Waals surface area contributed by atoms with Crippen molar-refractivity contribution in [1.29, 1.82) is 0 Å². The molecular weight excluding hydrogens is 405 g/mol. The van der Waals surface area contributed by atoms with E-state index in [1.165, 1.54) is 6.42 Å². The SMILES string of the molecule is O=C(Nc1cccc(-c2ccc(N3CCCCC3)nn2)c1)c1ccc(C(F)(F)F)cc1. The van der Waals surface area contributed by atoms with Crippen LogP contribution in [0.5, 0.6) is 0 Å². The molecule has 1 N–H and O–H groups in total. The van der Waals surface area contributed by atoms with E-state index in [0.717, 1.165) is 61.6 Å². The summed E-state index contributed by atoms with van der Waals surface area (Å²) in [6.45, 7) is 1.97. The lowest BCUT2D eigenvalue weighted by molar-refractivity contribution is -0.137. The predicted molar refractivity (Wildman–Crippen MR) is 113 cm³/mol. The smallest absolute Gasteiger partial charge is 0.355 e. The maximum atomic E-state index is 12.7. The van der Waals surface area contributed by atoms with Gasteiger partial charge in [-0.2, -0.15) is 13.2 Å². The normalized spacial score (nSPS) is 14.4. The molecule has 1 saturated heterocycles. The van der Waals surface area contributed by atoms with Gasteiger partial charge in [0.15, 0.2) is 5.82 Å². The fourth-order valence-electron chi connectivity index (χ4n) is 3.54. The van der Waals surface area contributed by atoms with Gasteiger partial charge in [0.05, 0.1) is 11.3 Å². The summed E-state index contributed by atoms with van der Waals surface area (Å²) in [4.78, 5) is 14.6. The molecule has 1 amide bonds. The van der Waals surface area contributed by atoms with Crippen LogP contribution in [-0.2, 0) is 6.18 Å². The molecule has 0 atom stereocenters. The third-order valence-electron chi connectivity index (χ3n) is 5.22. The summed E-state index contributed by atoms with van der Waals surface area (Å²) in [6, 6.07) is 15.0. The molecule has 1 aromatic heterocycles. The molecule has 0 radical (unpaired) electrons. The Morgan fingerprint density at radius 2 is 1.65 bits per heavy atom. The second kappa shape index (κ2) is 8.75. The number of aromatic nitrogens is 2. The minimum absolute atomic E-state index is 0.143. The second-order valence-electron chi connectivity index (χ2n) is 7.43. The summed E-state index contributed by atoms with van der Waals surface area (Å²) >= 11 is 0. The van der Waals surface area contributed by atoms with Gasteiger partial charge in [0, 0.05) is 29.9 Å². The van der Waals surface area contributed by atoms with Crippen molar-refractivity contribution in [2.75, 3.05) is 23.3 Å². The van der Waals surface area contributed by atoms with Gasteiger partial charge in [-0.3, -0.25) is 4.79 Å². The summed E-state index contributed by atoms with van der Waals surface area (Å²) < 4.78 is 38.1. The monoisotopic (exact) mass is 426 g/mol. The predicted octanol–water partition coefficient (Wildman–Crippen LogP) is 5.41. The molecular formula is C23H21F3N4O. The molecule has 8 heteroatoms. The molecule has 0 spiro atoms. The molecule has 31 heavy (non-hydrogen) atoms. The maximum absolute atomic E-state index is 12.7. The second-order valence-corrected chi connectivity index (χ2v) is 7.43. The molecule has 5 nitrogen and oxygen atoms in total. The van der Waals surface area contributed by atoms with E-state index in [9.17, 15) is 18.0 Å². The first-order valence-electron chi connectivity index (χ1n) is 10.1. The molecule has 1 aliphatic heterocycles. The summed E-state index contributed by atoms with van der Waals surface area (Å²) in [6.07, 6.45) is -0.880. The molecule has 1 aliphatic rings. The number of carbonyl (C=O) groups is 1. The van der Waals surface area contributed by atoms with Gasteiger partial charge in [-0.1, -0.05) is 12.1 Å². The average Bonchev–Trinajstić information content (AvgIpc) is 2.79. The Balaban J connectivity index is 1.46. The van der Waals surface area contributed by atoms with Crippen LogP contribution in [0.25, 0.3) is 11.3 Å². The summed E-state index contributed by atoms with van der Waals surface area (Å²) in [5.41, 5.74) is 1.32. The maximum Gasteiger partial charge on any atom is 0.416 e. The first-order valence-corrected chi connectivity index (χ1v) is 10.1. The lowest BCUT2D eigenvalue weighted by Crippen LogP contribution is -2.30. The Morgan fingerprint density at radius 3 is 2.29 bits per heavy atom. The summed E-state index contributed by atoms with van der Waals surface area (Å²) in [5, 5.41) is 11.4. The Morgan fingerprint density at radius 1 is 0.903 bits per heavy atom. The third-order valence-corrected chi connectivity index (χ3v) is 5.22. The quantitative estimate of drug-likeness (QED) is 0.607. The first kappa shape index (κ1) is 20.8. The van der Waals surface area contributed by atoms with Crippen LogP contribution in [0.3, 0.4) is 0 Å². The van der Waals surface area contributed by atoms with Gasteiger partial charge in [-0.05, 0) is 67.8 Å². The van der Waals surface area contributed by atoms with Crippen molar-refractivity contribution >= 4 is 17.4 Å². The largest absolute Gasteiger partial charge is 0.416 e. The number of piperidine rings is 1. The molecule has 3 aromatic rings. The minimum Gasteiger partial charge on any atom is -0.355 e. The number of nitrogens with zero attached hydrogens (tertiary/aromatic N) is 3. The zero-order valence-corrected chi connectivity index (χ0v) is 16.7. The Hall–Kier alpha value is -3.42. The number of halogens is 3. The average molecular weight is 426 g/mol. The number of hydrogen-bond acceptors (Lipinski definition) is 4. The van der Waals surface area contributed by atoms with Gasteiger partial charge in [-0.15, -0.1) is 10.2 Å². The van der Waals surface area contributed by atoms with E-state index < -0.39 is 17.6 Å². The minimum atomic E-state index is -4.44. The van der Waals surface area contributed by atoms with Gasteiger partial charge in [0.2, 0.25) is 0 Å². The molecule has 160 valence electrons. The van der Waals surface area contributed by atoms with Gasteiger partial charge in [0.25, 0.3) is 5.91 Å². The van der Waals surface area contributed by atoms with Crippen molar-refractivity contribution in [1.82, 2.24) is 10.2 Å². The third kappa shape index (κ3) is 5.02. The van der Waals surface area contributed by atoms with Crippen LogP contribution < -0.4 is 10.2 Å². The Labute approximate surface area is 177 Å². The van der Waals surface area contributed by atoms with Crippen molar-refractivity contribution in [3.8, 4) is 11.3 Å². The van der Waals surface area contributed by atoms with Crippen LogP contribution in [0.1, 0.15) is 35.2 Å². The highest BCUT2D eigenvalue weighted by Gasteiger charge is 2.30. The van der Waals surface area contributed by atoms with Crippen LogP contribution in [0.2, 0.25) is 0 Å². The number of hydrogen-bond donors (Lipinski definition) is 1. The number of anilines is 2. The standard InChI is InChI=1S/C23H21F3N4O/c24-23(25,26)18-9-7-16(8-10-18)22(31)27-19-6-4-5-17(15-19)20-11-12-21(29-28-20)30-13-2-1-3-14-30/h4-12,15H,1-3,13-14H2,(H,27,31). The van der Waals surface area contributed by atoms with Crippen LogP contribution in [0, 0.1) is 0 Å². The zero-order valence-electron chi connectivity index (χ0n) is 16.7. The number of benzene rings is 2. The van der Waals surface area contributed by atoms with Gasteiger partial charge >= 0.3 is 6.18 Å². The summed E-state index contributed by atoms with van der Waals surface area (Å²) in [5.74, 6) is 0.368. The molecule has 2 heterocycles. The summed E-state index contributed by atoms with van der Waals surface area (Å²) in [7, 11) is 0. The van der Waals surface area contributed by atoms with E-state index in [-0.39, 0.29) is 5.56 Å². The van der Waals surface area contributed by atoms with E-state index in [4.69, 9.17) is 0 Å². The molecule has 0 aliphatic carbocycles. The van der Waals surface area contributed by atoms with E-state index in [2.05, 4.69) is 20.4 Å². The Bertz CT molecular complexity index is 1040.